The summed E-state index contributed by atoms with van der Waals surface area (Å²) in [4.78, 5) is 41.3. The number of nitrogens with one attached hydrogen (secondary N) is 4. The molecule has 2 amide bonds. The number of amides is 2. The number of nitrogens with two attached hydrogens (primary N) is 1. The van der Waals surface area contributed by atoms with Gasteiger partial charge in [0.15, 0.2) is 0 Å². The molecule has 2 aliphatic heterocycles. The number of hydrogen-bond donors (Lipinski definition) is 5. The van der Waals surface area contributed by atoms with Crippen LogP contribution in [0, 0.1) is 24.0 Å². The molecule has 436 valence electrons. The summed E-state index contributed by atoms with van der Waals surface area (Å²) in [6, 6.07) is 65.7. The average molecular weight is 1160 g/mol. The summed E-state index contributed by atoms with van der Waals surface area (Å²) in [5.74, 6) is 1.12. The van der Waals surface area contributed by atoms with Crippen molar-refractivity contribution in [2.24, 2.45) is 0 Å². The molecule has 6 N–H and O–H groups in total. The van der Waals surface area contributed by atoms with E-state index >= 15 is 0 Å². The fraction of sp³-hybridized carbons (Fsp3) is 0.147. The Labute approximate surface area is 503 Å². The van der Waals surface area contributed by atoms with Crippen molar-refractivity contribution in [1.82, 2.24) is 41.2 Å². The van der Waals surface area contributed by atoms with E-state index in [-0.39, 0.29) is 24.8 Å². The molecule has 87 heavy (non-hydrogen) atoms. The second-order valence-corrected chi connectivity index (χ2v) is 20.7. The quantitative estimate of drug-likeness (QED) is 0.0433. The van der Waals surface area contributed by atoms with Crippen molar-refractivity contribution in [1.29, 1.82) is 0 Å². The van der Waals surface area contributed by atoms with Crippen LogP contribution in [0.25, 0.3) is 45.0 Å². The third-order valence-electron chi connectivity index (χ3n) is 14.8. The lowest BCUT2D eigenvalue weighted by atomic mass is 9.96. The third-order valence-corrected chi connectivity index (χ3v) is 14.8. The van der Waals surface area contributed by atoms with Crippen LogP contribution in [-0.2, 0) is 24.1 Å². The van der Waals surface area contributed by atoms with E-state index in [0.717, 1.165) is 106 Å². The number of para-hydroxylation sites is 2. The number of benzene rings is 9. The number of carbonyl (C=O) groups excluding carboxylic acids is 2. The first-order valence-corrected chi connectivity index (χ1v) is 28.1. The van der Waals surface area contributed by atoms with Crippen molar-refractivity contribution in [3.8, 4) is 50.8 Å². The zero-order valence-electron chi connectivity index (χ0n) is 47.2. The van der Waals surface area contributed by atoms with E-state index in [1.54, 1.807) is 0 Å². The number of nitrogen functional groups attached to an aromatic ring is 1. The van der Waals surface area contributed by atoms with Gasteiger partial charge < -0.3 is 25.6 Å². The number of nitrogens with zero attached hydrogens (tertiary/aromatic N) is 9. The van der Waals surface area contributed by atoms with Crippen molar-refractivity contribution in [2.45, 2.75) is 53.4 Å². The molecule has 4 heterocycles. The highest BCUT2D eigenvalue weighted by atomic mass is 16.6. The number of carbonyl (C=O) groups is 2. The number of aromatic amines is 2. The number of aryl methyl sites for hydroxylation is 4. The largest absolute Gasteiger partial charge is 0.417 e. The Hall–Kier alpha value is -11.3. The van der Waals surface area contributed by atoms with E-state index in [2.05, 4.69) is 116 Å². The van der Waals surface area contributed by atoms with Gasteiger partial charge in [-0.05, 0) is 150 Å². The van der Waals surface area contributed by atoms with Crippen molar-refractivity contribution in [2.75, 3.05) is 39.3 Å². The fourth-order valence-electron chi connectivity index (χ4n) is 10.6. The van der Waals surface area contributed by atoms with E-state index in [4.69, 9.17) is 10.5 Å². The average Bonchev–Trinajstić information content (AvgIpc) is 4.02. The standard InChI is InChI=1S/C31H28N6O.C29H23N7O4.C7H9N.CH4/c1-21-12-14-22(15-13-21)19-30(38)32-27-20-24(25-9-3-4-10-26(25)31-33-35-36-34-31)16-17-29(27)37-18-6-8-23-7-2-5-11-28(23)37;37-29(40-22-14-12-21(13-15-22)36(38)39)30-25-18-20(23-8-2-3-9-24(23)28-31-33-34-32-28)11-16-27(25)35-17-5-7-19-6-1-4-10-26(19)35;1-6-2-4-7(8)5-3-6;/h2-5,7,9-17,20H,6,8,18-19H2,1H3,(H,32,38)(H,33,34,35,36);1-4,6,8-16,18H,5,7,17H2,(H,30,37)(H,31,32,33,34);2-5H,8H2,1H3;1H4. The molecule has 0 aliphatic carbocycles. The molecule has 2 aliphatic rings. The molecule has 2 aromatic heterocycles. The molecule has 11 aromatic rings. The van der Waals surface area contributed by atoms with E-state index in [1.807, 2.05) is 141 Å². The van der Waals surface area contributed by atoms with Crippen LogP contribution in [0.3, 0.4) is 0 Å². The van der Waals surface area contributed by atoms with Gasteiger partial charge in [0.1, 0.15) is 5.75 Å². The molecular weight excluding hydrogens is 1090 g/mol. The zero-order valence-corrected chi connectivity index (χ0v) is 47.2. The number of fused-ring (bicyclic) bond motifs is 2. The van der Waals surface area contributed by atoms with Crippen LogP contribution >= 0.6 is 0 Å². The Morgan fingerprint density at radius 3 is 1.49 bits per heavy atom. The van der Waals surface area contributed by atoms with Crippen LogP contribution in [0.4, 0.5) is 50.3 Å². The topological polar surface area (TPSA) is 252 Å². The minimum Gasteiger partial charge on any atom is -0.410 e. The van der Waals surface area contributed by atoms with Crippen LogP contribution in [0.5, 0.6) is 5.75 Å². The number of tetrazole rings is 2. The van der Waals surface area contributed by atoms with Crippen molar-refractivity contribution < 1.29 is 19.2 Å². The number of nitro benzene ring substituents is 1. The van der Waals surface area contributed by atoms with Gasteiger partial charge in [0.2, 0.25) is 17.6 Å². The molecule has 9 aromatic carbocycles. The van der Waals surface area contributed by atoms with Crippen LogP contribution in [0.1, 0.15) is 48.1 Å². The van der Waals surface area contributed by atoms with Gasteiger partial charge in [-0.15, -0.1) is 20.4 Å². The van der Waals surface area contributed by atoms with Crippen LogP contribution in [0.2, 0.25) is 0 Å². The summed E-state index contributed by atoms with van der Waals surface area (Å²) < 4.78 is 5.47. The normalized spacial score (nSPS) is 12.1. The first-order chi connectivity index (χ1) is 42.0. The molecule has 0 saturated carbocycles. The van der Waals surface area contributed by atoms with Gasteiger partial charge >= 0.3 is 6.09 Å². The Bertz CT molecular complexity index is 4120. The zero-order chi connectivity index (χ0) is 59.4. The number of H-pyrrole nitrogens is 2. The van der Waals surface area contributed by atoms with E-state index in [9.17, 15) is 19.7 Å². The summed E-state index contributed by atoms with van der Waals surface area (Å²) in [5, 5.41) is 46.2. The maximum absolute atomic E-state index is 13.3. The molecule has 0 unspecified atom stereocenters. The molecule has 19 nitrogen and oxygen atoms in total. The second-order valence-electron chi connectivity index (χ2n) is 20.7. The number of non-ortho nitro benzene ring substituents is 1. The first kappa shape index (κ1) is 58.8. The molecule has 0 fully saturated rings. The molecule has 0 saturated heterocycles. The number of rotatable bonds is 12. The van der Waals surface area contributed by atoms with Gasteiger partial charge in [0.05, 0.1) is 34.1 Å². The summed E-state index contributed by atoms with van der Waals surface area (Å²) in [6.45, 7) is 5.75. The number of ether oxygens (including phenoxy) is 1. The Kier molecular flexibility index (Phi) is 18.5. The summed E-state index contributed by atoms with van der Waals surface area (Å²) in [6.07, 6.45) is 3.64. The van der Waals surface area contributed by atoms with Gasteiger partial charge in [0.25, 0.3) is 5.69 Å². The molecule has 0 radical (unpaired) electrons. The lowest BCUT2D eigenvalue weighted by molar-refractivity contribution is -0.384. The maximum Gasteiger partial charge on any atom is 0.417 e. The van der Waals surface area contributed by atoms with Crippen LogP contribution in [-0.4, -0.2) is 71.3 Å². The highest BCUT2D eigenvalue weighted by Crippen LogP contribution is 2.43. The minimum atomic E-state index is -0.719. The van der Waals surface area contributed by atoms with E-state index in [1.165, 1.54) is 52.2 Å². The number of aromatic nitrogens is 8. The van der Waals surface area contributed by atoms with Crippen molar-refractivity contribution in [3.63, 3.8) is 0 Å². The summed E-state index contributed by atoms with van der Waals surface area (Å²) in [5.41, 5.74) is 22.8. The highest BCUT2D eigenvalue weighted by molar-refractivity contribution is 5.99. The Balaban J connectivity index is 0.000000169. The lowest BCUT2D eigenvalue weighted by Gasteiger charge is -2.33. The third kappa shape index (κ3) is 14.2. The molecule has 0 spiro atoms. The molecule has 19 heteroatoms. The Morgan fingerprint density at radius 1 is 0.563 bits per heavy atom. The predicted molar refractivity (Wildman–Crippen MR) is 342 cm³/mol. The van der Waals surface area contributed by atoms with Gasteiger partial charge in [-0.2, -0.15) is 10.4 Å². The monoisotopic (exact) mass is 1160 g/mol. The summed E-state index contributed by atoms with van der Waals surface area (Å²) in [7, 11) is 0. The van der Waals surface area contributed by atoms with Gasteiger partial charge in [-0.25, -0.2) is 4.79 Å². The fourth-order valence-corrected chi connectivity index (χ4v) is 10.6. The SMILES string of the molecule is C.Cc1ccc(CC(=O)Nc2cc(-c3ccccc3-c3nn[nH]n3)ccc2N2CCCc3ccccc32)cc1.Cc1ccc(N)cc1.O=C(Nc1cc(-c2ccccc2-c2nn[nH]n2)ccc1N1CCCc2ccccc21)Oc1ccc([N+](=O)[O-])cc1. The number of nitro groups is 1. The molecular formula is C68H64N14O5. The second kappa shape index (κ2) is 27.4. The summed E-state index contributed by atoms with van der Waals surface area (Å²) >= 11 is 0. The molecule has 0 bridgehead atoms. The van der Waals surface area contributed by atoms with Crippen molar-refractivity contribution in [3.05, 3.63) is 244 Å². The van der Waals surface area contributed by atoms with E-state index < -0.39 is 11.0 Å². The molecule has 13 rings (SSSR count). The highest BCUT2D eigenvalue weighted by Gasteiger charge is 2.25. The number of anilines is 7. The Morgan fingerprint density at radius 2 is 1.02 bits per heavy atom. The van der Waals surface area contributed by atoms with Crippen molar-refractivity contribution >= 4 is 57.5 Å². The predicted octanol–water partition coefficient (Wildman–Crippen LogP) is 14.5. The lowest BCUT2D eigenvalue weighted by Crippen LogP contribution is -2.26. The van der Waals surface area contributed by atoms with Gasteiger partial charge in [-0.1, -0.05) is 152 Å². The number of hydrogen-bond acceptors (Lipinski definition) is 14. The van der Waals surface area contributed by atoms with E-state index in [0.29, 0.717) is 23.8 Å². The molecule has 0 atom stereocenters. The maximum atomic E-state index is 13.3. The first-order valence-electron chi connectivity index (χ1n) is 28.1. The van der Waals surface area contributed by atoms with Gasteiger partial charge in [-0.3, -0.25) is 20.2 Å². The smallest absolute Gasteiger partial charge is 0.410 e. The van der Waals surface area contributed by atoms with Gasteiger partial charge in [0, 0.05) is 53.4 Å². The minimum absolute atomic E-state index is 0. The van der Waals surface area contributed by atoms with Crippen LogP contribution < -0.4 is 30.9 Å². The van der Waals surface area contributed by atoms with Crippen LogP contribution in [0.15, 0.2) is 206 Å².